The molecule has 0 bridgehead atoms. The van der Waals surface area contributed by atoms with Crippen LogP contribution in [0.3, 0.4) is 0 Å². The summed E-state index contributed by atoms with van der Waals surface area (Å²) in [7, 11) is 0. The molecule has 3 heterocycles. The number of aromatic nitrogens is 2. The van der Waals surface area contributed by atoms with Gasteiger partial charge in [0, 0.05) is 19.3 Å². The molecule has 0 radical (unpaired) electrons. The standard InChI is InChI=1S/C14H17N3O3/c1-9(2)12-11-7-10(8-15-13(11)20-16-12)14(18)17-3-5-19-6-4-17/h7-9H,3-6H2,1-2H3. The van der Waals surface area contributed by atoms with Crippen LogP contribution in [-0.2, 0) is 4.74 Å². The van der Waals surface area contributed by atoms with Crippen LogP contribution in [0.25, 0.3) is 11.1 Å². The van der Waals surface area contributed by atoms with Gasteiger partial charge in [0.05, 0.1) is 29.9 Å². The summed E-state index contributed by atoms with van der Waals surface area (Å²) >= 11 is 0. The Labute approximate surface area is 116 Å². The Morgan fingerprint density at radius 2 is 2.10 bits per heavy atom. The van der Waals surface area contributed by atoms with E-state index < -0.39 is 0 Å². The first-order chi connectivity index (χ1) is 9.66. The summed E-state index contributed by atoms with van der Waals surface area (Å²) in [5, 5.41) is 4.84. The molecule has 1 fully saturated rings. The van der Waals surface area contributed by atoms with Gasteiger partial charge in [-0.15, -0.1) is 0 Å². The Bertz CT molecular complexity index is 630. The summed E-state index contributed by atoms with van der Waals surface area (Å²) in [5.74, 6) is 0.213. The van der Waals surface area contributed by atoms with Crippen molar-refractivity contribution in [1.29, 1.82) is 0 Å². The molecule has 0 aromatic carbocycles. The largest absolute Gasteiger partial charge is 0.378 e. The second-order valence-electron chi connectivity index (χ2n) is 5.20. The first-order valence-electron chi connectivity index (χ1n) is 6.79. The van der Waals surface area contributed by atoms with Crippen molar-refractivity contribution >= 4 is 17.0 Å². The monoisotopic (exact) mass is 275 g/mol. The molecular formula is C14H17N3O3. The number of morpholine rings is 1. The van der Waals surface area contributed by atoms with E-state index in [9.17, 15) is 4.79 Å². The summed E-state index contributed by atoms with van der Waals surface area (Å²) in [6.07, 6.45) is 1.55. The predicted octanol–water partition coefficient (Wildman–Crippen LogP) is 1.82. The van der Waals surface area contributed by atoms with E-state index in [1.54, 1.807) is 11.1 Å². The van der Waals surface area contributed by atoms with Gasteiger partial charge in [0.25, 0.3) is 11.6 Å². The van der Waals surface area contributed by atoms with E-state index in [0.29, 0.717) is 37.6 Å². The Hall–Kier alpha value is -1.95. The Morgan fingerprint density at radius 3 is 2.80 bits per heavy atom. The highest BCUT2D eigenvalue weighted by Gasteiger charge is 2.21. The number of rotatable bonds is 2. The minimum absolute atomic E-state index is 0.0152. The third kappa shape index (κ3) is 2.27. The summed E-state index contributed by atoms with van der Waals surface area (Å²) in [6.45, 7) is 6.49. The van der Waals surface area contributed by atoms with E-state index in [2.05, 4.69) is 10.1 Å². The molecule has 2 aromatic heterocycles. The molecule has 3 rings (SSSR count). The zero-order valence-electron chi connectivity index (χ0n) is 11.6. The summed E-state index contributed by atoms with van der Waals surface area (Å²) in [5.41, 5.74) is 1.89. The molecule has 2 aromatic rings. The Kier molecular flexibility index (Phi) is 3.40. The molecule has 0 unspecified atom stereocenters. The molecule has 0 spiro atoms. The molecule has 0 aliphatic carbocycles. The van der Waals surface area contributed by atoms with Gasteiger partial charge in [-0.2, -0.15) is 0 Å². The summed E-state index contributed by atoms with van der Waals surface area (Å²) in [4.78, 5) is 18.4. The first kappa shape index (κ1) is 13.1. The highest BCUT2D eigenvalue weighted by molar-refractivity contribution is 5.97. The topological polar surface area (TPSA) is 68.5 Å². The van der Waals surface area contributed by atoms with Crippen LogP contribution in [0.4, 0.5) is 0 Å². The van der Waals surface area contributed by atoms with Gasteiger partial charge in [0.2, 0.25) is 0 Å². The van der Waals surface area contributed by atoms with Crippen molar-refractivity contribution in [2.45, 2.75) is 19.8 Å². The van der Waals surface area contributed by atoms with Gasteiger partial charge in [0.1, 0.15) is 0 Å². The average Bonchev–Trinajstić information content (AvgIpc) is 2.90. The van der Waals surface area contributed by atoms with E-state index in [-0.39, 0.29) is 11.8 Å². The van der Waals surface area contributed by atoms with E-state index in [4.69, 9.17) is 9.26 Å². The Morgan fingerprint density at radius 1 is 1.35 bits per heavy atom. The van der Waals surface area contributed by atoms with E-state index in [1.807, 2.05) is 19.9 Å². The lowest BCUT2D eigenvalue weighted by atomic mass is 10.1. The third-order valence-corrected chi connectivity index (χ3v) is 3.45. The minimum atomic E-state index is -0.0152. The molecule has 0 N–H and O–H groups in total. The maximum absolute atomic E-state index is 12.4. The number of amides is 1. The summed E-state index contributed by atoms with van der Waals surface area (Å²) < 4.78 is 10.4. The molecule has 0 saturated carbocycles. The fourth-order valence-electron chi connectivity index (χ4n) is 2.33. The van der Waals surface area contributed by atoms with Crippen molar-refractivity contribution in [3.8, 4) is 0 Å². The second kappa shape index (κ2) is 5.20. The number of ether oxygens (including phenoxy) is 1. The van der Waals surface area contributed by atoms with Crippen LogP contribution >= 0.6 is 0 Å². The SMILES string of the molecule is CC(C)c1noc2ncc(C(=O)N3CCOCC3)cc12. The fraction of sp³-hybridized carbons (Fsp3) is 0.500. The molecule has 6 heteroatoms. The van der Waals surface area contributed by atoms with Gasteiger partial charge in [-0.05, 0) is 12.0 Å². The van der Waals surface area contributed by atoms with Crippen LogP contribution in [0.1, 0.15) is 35.8 Å². The Balaban J connectivity index is 1.95. The number of pyridine rings is 1. The predicted molar refractivity (Wildman–Crippen MR) is 72.6 cm³/mol. The van der Waals surface area contributed by atoms with Crippen LogP contribution < -0.4 is 0 Å². The third-order valence-electron chi connectivity index (χ3n) is 3.45. The van der Waals surface area contributed by atoms with Crippen LogP contribution in [0.2, 0.25) is 0 Å². The molecule has 1 amide bonds. The van der Waals surface area contributed by atoms with Crippen molar-refractivity contribution < 1.29 is 14.1 Å². The number of hydrogen-bond donors (Lipinski definition) is 0. The molecule has 0 atom stereocenters. The number of hydrogen-bond acceptors (Lipinski definition) is 5. The molecule has 20 heavy (non-hydrogen) atoms. The average molecular weight is 275 g/mol. The van der Waals surface area contributed by atoms with Crippen molar-refractivity contribution in [2.75, 3.05) is 26.3 Å². The zero-order valence-corrected chi connectivity index (χ0v) is 11.6. The second-order valence-corrected chi connectivity index (χ2v) is 5.20. The number of carbonyl (C=O) groups is 1. The van der Waals surface area contributed by atoms with Crippen molar-refractivity contribution in [1.82, 2.24) is 15.0 Å². The van der Waals surface area contributed by atoms with Crippen molar-refractivity contribution in [3.05, 3.63) is 23.5 Å². The van der Waals surface area contributed by atoms with E-state index in [1.165, 1.54) is 0 Å². The maximum atomic E-state index is 12.4. The highest BCUT2D eigenvalue weighted by Crippen LogP contribution is 2.24. The van der Waals surface area contributed by atoms with Gasteiger partial charge in [0.15, 0.2) is 0 Å². The molecular weight excluding hydrogens is 258 g/mol. The van der Waals surface area contributed by atoms with Crippen LogP contribution in [0.5, 0.6) is 0 Å². The van der Waals surface area contributed by atoms with Crippen LogP contribution in [0, 0.1) is 0 Å². The minimum Gasteiger partial charge on any atom is -0.378 e. The summed E-state index contributed by atoms with van der Waals surface area (Å²) in [6, 6.07) is 1.83. The lowest BCUT2D eigenvalue weighted by molar-refractivity contribution is 0.0302. The fourth-order valence-corrected chi connectivity index (χ4v) is 2.33. The number of carbonyl (C=O) groups excluding carboxylic acids is 1. The molecule has 1 saturated heterocycles. The van der Waals surface area contributed by atoms with Gasteiger partial charge >= 0.3 is 0 Å². The van der Waals surface area contributed by atoms with Gasteiger partial charge in [-0.3, -0.25) is 4.79 Å². The van der Waals surface area contributed by atoms with Crippen LogP contribution in [0.15, 0.2) is 16.8 Å². The smallest absolute Gasteiger partial charge is 0.257 e. The number of fused-ring (bicyclic) bond motifs is 1. The van der Waals surface area contributed by atoms with Crippen molar-refractivity contribution in [2.24, 2.45) is 0 Å². The van der Waals surface area contributed by atoms with E-state index >= 15 is 0 Å². The lowest BCUT2D eigenvalue weighted by Crippen LogP contribution is -2.40. The zero-order chi connectivity index (χ0) is 14.1. The normalized spacial score (nSPS) is 16.1. The van der Waals surface area contributed by atoms with Crippen LogP contribution in [-0.4, -0.2) is 47.3 Å². The van der Waals surface area contributed by atoms with Gasteiger partial charge < -0.3 is 14.2 Å². The molecule has 1 aliphatic rings. The molecule has 6 nitrogen and oxygen atoms in total. The van der Waals surface area contributed by atoms with E-state index in [0.717, 1.165) is 11.1 Å². The van der Waals surface area contributed by atoms with Gasteiger partial charge in [-0.1, -0.05) is 19.0 Å². The molecule has 1 aliphatic heterocycles. The lowest BCUT2D eigenvalue weighted by Gasteiger charge is -2.26. The number of nitrogens with zero attached hydrogens (tertiary/aromatic N) is 3. The van der Waals surface area contributed by atoms with Crippen molar-refractivity contribution in [3.63, 3.8) is 0 Å². The highest BCUT2D eigenvalue weighted by atomic mass is 16.5. The maximum Gasteiger partial charge on any atom is 0.257 e. The van der Waals surface area contributed by atoms with Gasteiger partial charge in [-0.25, -0.2) is 4.98 Å². The quantitative estimate of drug-likeness (QED) is 0.836. The molecule has 106 valence electrons. The first-order valence-corrected chi connectivity index (χ1v) is 6.79.